The van der Waals surface area contributed by atoms with Crippen molar-refractivity contribution < 1.29 is 42.1 Å². The van der Waals surface area contributed by atoms with Gasteiger partial charge in [-0.3, -0.25) is 14.2 Å². The van der Waals surface area contributed by atoms with Gasteiger partial charge >= 0.3 is 11.9 Å². The van der Waals surface area contributed by atoms with Gasteiger partial charge in [-0.05, 0) is 64.2 Å². The van der Waals surface area contributed by atoms with E-state index in [9.17, 15) is 19.0 Å². The number of phosphoric ester groups is 1. The van der Waals surface area contributed by atoms with Crippen LogP contribution in [0, 0.1) is 0 Å². The van der Waals surface area contributed by atoms with Crippen LogP contribution in [0.5, 0.6) is 0 Å². The minimum Gasteiger partial charge on any atom is -0.756 e. The van der Waals surface area contributed by atoms with Gasteiger partial charge in [-0.25, -0.2) is 0 Å². The minimum atomic E-state index is -4.62. The lowest BCUT2D eigenvalue weighted by Crippen LogP contribution is -2.37. The summed E-state index contributed by atoms with van der Waals surface area (Å²) in [6.07, 6.45) is 67.2. The van der Waals surface area contributed by atoms with Crippen LogP contribution in [0.15, 0.2) is 72.9 Å². The lowest BCUT2D eigenvalue weighted by atomic mass is 10.0. The number of phosphoric acid groups is 1. The van der Waals surface area contributed by atoms with Crippen LogP contribution in [-0.2, 0) is 32.7 Å². The Labute approximate surface area is 431 Å². The quantitative estimate of drug-likeness (QED) is 0.0195. The third-order valence-corrected chi connectivity index (χ3v) is 13.2. The highest BCUT2D eigenvalue weighted by Crippen LogP contribution is 2.38. The first-order valence-electron chi connectivity index (χ1n) is 28.6. The Bertz CT molecular complexity index is 1410. The van der Waals surface area contributed by atoms with Crippen LogP contribution in [0.2, 0.25) is 0 Å². The maximum Gasteiger partial charge on any atom is 0.306 e. The largest absolute Gasteiger partial charge is 0.756 e. The number of ether oxygens (including phenoxy) is 2. The van der Waals surface area contributed by atoms with Crippen molar-refractivity contribution in [2.75, 3.05) is 47.5 Å². The Hall–Kier alpha value is -2.55. The molecule has 70 heavy (non-hydrogen) atoms. The fourth-order valence-electron chi connectivity index (χ4n) is 7.84. The first-order chi connectivity index (χ1) is 34.0. The summed E-state index contributed by atoms with van der Waals surface area (Å²) >= 11 is 0. The molecule has 0 aromatic heterocycles. The second-order valence-electron chi connectivity index (χ2n) is 20.3. The molecule has 406 valence electrons. The van der Waals surface area contributed by atoms with Crippen molar-refractivity contribution in [3.63, 3.8) is 0 Å². The molecule has 0 fully saturated rings. The SMILES string of the molecule is CC/C=C\C/C=C\C/C=C\C/C=C\C/C=C\C/C=C\CCCCCCCCCCCCCCCCCCCCCCC(=O)OC(COC(=O)CCCCCCCCC)COP(=O)([O-])OCC[N+](C)(C)C. The minimum absolute atomic E-state index is 0.0300. The third-order valence-electron chi connectivity index (χ3n) is 12.2. The van der Waals surface area contributed by atoms with Crippen molar-refractivity contribution in [1.29, 1.82) is 0 Å². The second kappa shape index (κ2) is 51.4. The Morgan fingerprint density at radius 1 is 0.457 bits per heavy atom. The van der Waals surface area contributed by atoms with Crippen molar-refractivity contribution in [2.24, 2.45) is 0 Å². The molecular weight excluding hydrogens is 894 g/mol. The molecule has 0 aromatic carbocycles. The zero-order valence-corrected chi connectivity index (χ0v) is 46.8. The van der Waals surface area contributed by atoms with E-state index in [1.165, 1.54) is 135 Å². The highest BCUT2D eigenvalue weighted by molar-refractivity contribution is 7.45. The summed E-state index contributed by atoms with van der Waals surface area (Å²) in [5.74, 6) is -0.834. The Kier molecular flexibility index (Phi) is 49.5. The number of rotatable bonds is 52. The van der Waals surface area contributed by atoms with Crippen molar-refractivity contribution in [2.45, 2.75) is 251 Å². The standard InChI is InChI=1S/C60H108NO8P/c1-6-8-10-12-14-15-16-17-18-19-20-21-22-23-24-25-26-27-28-29-30-31-32-33-34-35-36-37-38-39-40-41-42-43-44-45-47-49-51-53-60(63)69-58(57-68-70(64,65)67-55-54-61(3,4)5)56-66-59(62)52-50-48-46-13-11-9-7-2/h8,10,14-15,17-18,20-21,23-24,26-27,58H,6-7,9,11-13,16,19,22,25,28-57H2,1-5H3/b10-8-,15-14-,18-17-,21-20-,24-23-,27-26-. The summed E-state index contributed by atoms with van der Waals surface area (Å²) < 4.78 is 33.9. The Morgan fingerprint density at radius 2 is 0.814 bits per heavy atom. The van der Waals surface area contributed by atoms with Gasteiger partial charge in [-0.2, -0.15) is 0 Å². The summed E-state index contributed by atoms with van der Waals surface area (Å²) in [5, 5.41) is 0. The van der Waals surface area contributed by atoms with E-state index < -0.39 is 26.5 Å². The molecule has 10 heteroatoms. The molecule has 0 spiro atoms. The summed E-state index contributed by atoms with van der Waals surface area (Å²) in [6.45, 7) is 4.08. The number of carbonyl (C=O) groups is 2. The molecule has 0 aromatic rings. The number of hydrogen-bond donors (Lipinski definition) is 0. The summed E-state index contributed by atoms with van der Waals surface area (Å²) in [4.78, 5) is 37.5. The Morgan fingerprint density at radius 3 is 1.21 bits per heavy atom. The molecule has 0 aliphatic heterocycles. The van der Waals surface area contributed by atoms with Gasteiger partial charge in [0.15, 0.2) is 6.10 Å². The van der Waals surface area contributed by atoms with Crippen LogP contribution in [0.3, 0.4) is 0 Å². The fourth-order valence-corrected chi connectivity index (χ4v) is 8.57. The van der Waals surface area contributed by atoms with Crippen LogP contribution in [0.1, 0.15) is 245 Å². The normalized spacial score (nSPS) is 13.9. The number of unbranched alkanes of at least 4 members (excludes halogenated alkanes) is 26. The first-order valence-corrected chi connectivity index (χ1v) is 30.1. The molecule has 0 radical (unpaired) electrons. The number of allylic oxidation sites excluding steroid dienone is 12. The topological polar surface area (TPSA) is 111 Å². The molecule has 0 N–H and O–H groups in total. The lowest BCUT2D eigenvalue weighted by molar-refractivity contribution is -0.870. The molecule has 9 nitrogen and oxygen atoms in total. The molecule has 0 aliphatic rings. The van der Waals surface area contributed by atoms with E-state index in [4.69, 9.17) is 18.5 Å². The van der Waals surface area contributed by atoms with Crippen molar-refractivity contribution in [3.8, 4) is 0 Å². The molecule has 0 bridgehead atoms. The van der Waals surface area contributed by atoms with Crippen LogP contribution in [0.4, 0.5) is 0 Å². The molecule has 0 saturated heterocycles. The number of likely N-dealkylation sites (N-methyl/N-ethyl adjacent to an activating group) is 1. The van der Waals surface area contributed by atoms with Gasteiger partial charge < -0.3 is 27.9 Å². The summed E-state index contributed by atoms with van der Waals surface area (Å²) in [5.41, 5.74) is 0. The van der Waals surface area contributed by atoms with E-state index in [1.807, 2.05) is 21.1 Å². The van der Waals surface area contributed by atoms with Gasteiger partial charge in [0, 0.05) is 12.8 Å². The number of hydrogen-bond acceptors (Lipinski definition) is 8. The van der Waals surface area contributed by atoms with Gasteiger partial charge in [0.2, 0.25) is 0 Å². The average Bonchev–Trinajstić information content (AvgIpc) is 3.32. The third kappa shape index (κ3) is 54.8. The molecular formula is C60H108NO8P. The molecule has 0 aliphatic carbocycles. The molecule has 0 rings (SSSR count). The van der Waals surface area contributed by atoms with Gasteiger partial charge in [0.25, 0.3) is 7.82 Å². The van der Waals surface area contributed by atoms with Crippen molar-refractivity contribution in [3.05, 3.63) is 72.9 Å². The smallest absolute Gasteiger partial charge is 0.306 e. The first kappa shape index (κ1) is 67.5. The molecule has 0 amide bonds. The highest BCUT2D eigenvalue weighted by atomic mass is 31.2. The number of carbonyl (C=O) groups excluding carboxylic acids is 2. The van der Waals surface area contributed by atoms with E-state index in [2.05, 4.69) is 86.8 Å². The van der Waals surface area contributed by atoms with E-state index in [0.29, 0.717) is 17.4 Å². The zero-order valence-electron chi connectivity index (χ0n) is 46.0. The molecule has 2 atom stereocenters. The second-order valence-corrected chi connectivity index (χ2v) is 21.7. The van der Waals surface area contributed by atoms with Gasteiger partial charge in [-0.1, -0.05) is 241 Å². The van der Waals surface area contributed by atoms with Crippen molar-refractivity contribution >= 4 is 19.8 Å². The lowest BCUT2D eigenvalue weighted by Gasteiger charge is -2.28. The zero-order chi connectivity index (χ0) is 51.3. The molecule has 2 unspecified atom stereocenters. The molecule has 0 saturated carbocycles. The maximum absolute atomic E-state index is 12.7. The van der Waals surface area contributed by atoms with E-state index in [-0.39, 0.29) is 32.0 Å². The number of quaternary nitrogens is 1. The van der Waals surface area contributed by atoms with Gasteiger partial charge in [0.1, 0.15) is 19.8 Å². The van der Waals surface area contributed by atoms with Crippen LogP contribution in [-0.4, -0.2) is 70.0 Å². The Balaban J connectivity index is 3.84. The average molecular weight is 1000 g/mol. The number of esters is 2. The predicted octanol–water partition coefficient (Wildman–Crippen LogP) is 17.1. The summed E-state index contributed by atoms with van der Waals surface area (Å²) in [7, 11) is 1.17. The van der Waals surface area contributed by atoms with Gasteiger partial charge in [0.05, 0.1) is 27.7 Å². The fraction of sp³-hybridized carbons (Fsp3) is 0.767. The summed E-state index contributed by atoms with van der Waals surface area (Å²) in [6, 6.07) is 0. The number of nitrogens with zero attached hydrogens (tertiary/aromatic N) is 1. The predicted molar refractivity (Wildman–Crippen MR) is 296 cm³/mol. The van der Waals surface area contributed by atoms with Crippen molar-refractivity contribution in [1.82, 2.24) is 0 Å². The highest BCUT2D eigenvalue weighted by Gasteiger charge is 2.21. The monoisotopic (exact) mass is 1000 g/mol. The molecule has 0 heterocycles. The van der Waals surface area contributed by atoms with E-state index >= 15 is 0 Å². The van der Waals surface area contributed by atoms with E-state index in [1.54, 1.807) is 0 Å². The maximum atomic E-state index is 12.7. The van der Waals surface area contributed by atoms with E-state index in [0.717, 1.165) is 77.0 Å². The van der Waals surface area contributed by atoms with Crippen LogP contribution in [0.25, 0.3) is 0 Å². The van der Waals surface area contributed by atoms with Crippen LogP contribution < -0.4 is 4.89 Å². The van der Waals surface area contributed by atoms with Crippen LogP contribution >= 0.6 is 7.82 Å². The van der Waals surface area contributed by atoms with Gasteiger partial charge in [-0.15, -0.1) is 0 Å².